The van der Waals surface area contributed by atoms with E-state index in [1.807, 2.05) is 19.1 Å². The fourth-order valence-electron chi connectivity index (χ4n) is 1.91. The van der Waals surface area contributed by atoms with Crippen LogP contribution in [0.1, 0.15) is 48.2 Å². The second kappa shape index (κ2) is 4.93. The Hall–Kier alpha value is -1.02. The first-order valence-electron chi connectivity index (χ1n) is 6.19. The summed E-state index contributed by atoms with van der Waals surface area (Å²) in [6, 6.07) is 12.7. The molecule has 1 aromatic heterocycles. The van der Waals surface area contributed by atoms with Gasteiger partial charge in [-0.2, -0.15) is 0 Å². The molecule has 0 saturated carbocycles. The van der Waals surface area contributed by atoms with Gasteiger partial charge in [0, 0.05) is 0 Å². The lowest BCUT2D eigenvalue weighted by Gasteiger charge is -2.19. The van der Waals surface area contributed by atoms with E-state index in [4.69, 9.17) is 4.42 Å². The average molecular weight is 307 g/mol. The highest BCUT2D eigenvalue weighted by atomic mass is 79.9. The predicted molar refractivity (Wildman–Crippen MR) is 79.4 cm³/mol. The highest BCUT2D eigenvalue weighted by Crippen LogP contribution is 2.33. The SMILES string of the molecule is Cc1ccc(C(Br)c2ccc(C(C)(C)C)cc2)o1. The number of hydrogen-bond donors (Lipinski definition) is 0. The number of benzene rings is 1. The molecule has 2 aromatic rings. The van der Waals surface area contributed by atoms with Crippen molar-refractivity contribution in [2.45, 2.75) is 37.9 Å². The van der Waals surface area contributed by atoms with Crippen molar-refractivity contribution in [3.05, 3.63) is 59.0 Å². The Balaban J connectivity index is 2.24. The van der Waals surface area contributed by atoms with Gasteiger partial charge in [-0.15, -0.1) is 0 Å². The van der Waals surface area contributed by atoms with E-state index in [0.29, 0.717) is 0 Å². The van der Waals surface area contributed by atoms with Gasteiger partial charge in [0.05, 0.1) is 4.83 Å². The summed E-state index contributed by atoms with van der Waals surface area (Å²) < 4.78 is 5.65. The van der Waals surface area contributed by atoms with Gasteiger partial charge in [-0.1, -0.05) is 61.0 Å². The van der Waals surface area contributed by atoms with Crippen molar-refractivity contribution in [3.8, 4) is 0 Å². The number of furan rings is 1. The zero-order valence-corrected chi connectivity index (χ0v) is 12.9. The van der Waals surface area contributed by atoms with Crippen LogP contribution in [0.25, 0.3) is 0 Å². The lowest BCUT2D eigenvalue weighted by molar-refractivity contribution is 0.492. The first kappa shape index (κ1) is 13.4. The maximum atomic E-state index is 5.65. The van der Waals surface area contributed by atoms with E-state index in [-0.39, 0.29) is 10.2 Å². The van der Waals surface area contributed by atoms with E-state index in [1.165, 1.54) is 11.1 Å². The summed E-state index contributed by atoms with van der Waals surface area (Å²) >= 11 is 3.69. The summed E-state index contributed by atoms with van der Waals surface area (Å²) in [7, 11) is 0. The molecule has 2 heteroatoms. The summed E-state index contributed by atoms with van der Waals surface area (Å²) in [5, 5.41) is 0. The zero-order valence-electron chi connectivity index (χ0n) is 11.3. The quantitative estimate of drug-likeness (QED) is 0.680. The summed E-state index contributed by atoms with van der Waals surface area (Å²) in [5.41, 5.74) is 2.76. The van der Waals surface area contributed by atoms with Crippen molar-refractivity contribution in [2.24, 2.45) is 0 Å². The molecule has 1 heterocycles. The number of halogens is 1. The van der Waals surface area contributed by atoms with Crippen LogP contribution in [0.3, 0.4) is 0 Å². The van der Waals surface area contributed by atoms with Crippen molar-refractivity contribution in [2.75, 3.05) is 0 Å². The molecule has 1 nitrogen and oxygen atoms in total. The summed E-state index contributed by atoms with van der Waals surface area (Å²) in [5.74, 6) is 1.90. The van der Waals surface area contributed by atoms with Gasteiger partial charge in [0.15, 0.2) is 0 Å². The maximum Gasteiger partial charge on any atom is 0.122 e. The number of alkyl halides is 1. The predicted octanol–water partition coefficient (Wildman–Crippen LogP) is 5.37. The maximum absolute atomic E-state index is 5.65. The van der Waals surface area contributed by atoms with E-state index in [2.05, 4.69) is 61.0 Å². The molecule has 2 rings (SSSR count). The van der Waals surface area contributed by atoms with Crippen molar-refractivity contribution < 1.29 is 4.42 Å². The standard InChI is InChI=1S/C16H19BrO/c1-11-5-10-14(18-11)15(17)12-6-8-13(9-7-12)16(2,3)4/h5-10,15H,1-4H3. The molecule has 0 aliphatic rings. The van der Waals surface area contributed by atoms with Crippen molar-refractivity contribution in [1.82, 2.24) is 0 Å². The first-order chi connectivity index (χ1) is 8.38. The molecular formula is C16H19BrO. The third kappa shape index (κ3) is 2.86. The molecule has 1 aromatic carbocycles. The summed E-state index contributed by atoms with van der Waals surface area (Å²) in [6.07, 6.45) is 0. The van der Waals surface area contributed by atoms with Crippen molar-refractivity contribution >= 4 is 15.9 Å². The lowest BCUT2D eigenvalue weighted by Crippen LogP contribution is -2.10. The van der Waals surface area contributed by atoms with E-state index in [9.17, 15) is 0 Å². The fourth-order valence-corrected chi connectivity index (χ4v) is 2.46. The Labute approximate surface area is 117 Å². The second-order valence-electron chi connectivity index (χ2n) is 5.68. The van der Waals surface area contributed by atoms with Crippen LogP contribution < -0.4 is 0 Å². The smallest absolute Gasteiger partial charge is 0.122 e. The molecule has 18 heavy (non-hydrogen) atoms. The molecule has 0 saturated heterocycles. The minimum Gasteiger partial charge on any atom is -0.465 e. The monoisotopic (exact) mass is 306 g/mol. The molecule has 0 aliphatic carbocycles. The zero-order chi connectivity index (χ0) is 13.3. The third-order valence-corrected chi connectivity index (χ3v) is 4.06. The highest BCUT2D eigenvalue weighted by Gasteiger charge is 2.16. The average Bonchev–Trinajstić information content (AvgIpc) is 2.74. The topological polar surface area (TPSA) is 13.1 Å². The minimum absolute atomic E-state index is 0.125. The van der Waals surface area contributed by atoms with Gasteiger partial charge >= 0.3 is 0 Å². The molecular weight excluding hydrogens is 288 g/mol. The van der Waals surface area contributed by atoms with Gasteiger partial charge in [-0.25, -0.2) is 0 Å². The van der Waals surface area contributed by atoms with Crippen molar-refractivity contribution in [3.63, 3.8) is 0 Å². The van der Waals surface area contributed by atoms with Gasteiger partial charge in [0.25, 0.3) is 0 Å². The van der Waals surface area contributed by atoms with Crippen LogP contribution in [0.4, 0.5) is 0 Å². The Morgan fingerprint density at radius 2 is 1.61 bits per heavy atom. The number of aryl methyl sites for hydroxylation is 1. The largest absolute Gasteiger partial charge is 0.465 e. The fraction of sp³-hybridized carbons (Fsp3) is 0.375. The first-order valence-corrected chi connectivity index (χ1v) is 7.10. The lowest BCUT2D eigenvalue weighted by atomic mass is 9.86. The Kier molecular flexibility index (Phi) is 3.67. The molecule has 0 fully saturated rings. The van der Waals surface area contributed by atoms with Crippen LogP contribution in [0.15, 0.2) is 40.8 Å². The van der Waals surface area contributed by atoms with Gasteiger partial charge in [0.2, 0.25) is 0 Å². The van der Waals surface area contributed by atoms with Crippen LogP contribution in [0.5, 0.6) is 0 Å². The Morgan fingerprint density at radius 3 is 2.06 bits per heavy atom. The van der Waals surface area contributed by atoms with Crippen LogP contribution in [-0.4, -0.2) is 0 Å². The third-order valence-electron chi connectivity index (χ3n) is 3.08. The van der Waals surface area contributed by atoms with Crippen LogP contribution >= 0.6 is 15.9 Å². The molecule has 0 N–H and O–H groups in total. The summed E-state index contributed by atoms with van der Waals surface area (Å²) in [6.45, 7) is 8.64. The highest BCUT2D eigenvalue weighted by molar-refractivity contribution is 9.09. The van der Waals surface area contributed by atoms with E-state index < -0.39 is 0 Å². The van der Waals surface area contributed by atoms with E-state index >= 15 is 0 Å². The molecule has 1 unspecified atom stereocenters. The van der Waals surface area contributed by atoms with Crippen molar-refractivity contribution in [1.29, 1.82) is 0 Å². The molecule has 0 amide bonds. The molecule has 96 valence electrons. The van der Waals surface area contributed by atoms with E-state index in [1.54, 1.807) is 0 Å². The van der Waals surface area contributed by atoms with Gasteiger partial charge < -0.3 is 4.42 Å². The number of rotatable bonds is 2. The van der Waals surface area contributed by atoms with Crippen LogP contribution in [0.2, 0.25) is 0 Å². The molecule has 0 radical (unpaired) electrons. The Bertz CT molecular complexity index is 517. The molecule has 0 aliphatic heterocycles. The molecule has 1 atom stereocenters. The summed E-state index contributed by atoms with van der Waals surface area (Å²) in [4.78, 5) is 0.125. The minimum atomic E-state index is 0.125. The van der Waals surface area contributed by atoms with Crippen LogP contribution in [-0.2, 0) is 5.41 Å². The normalized spacial score (nSPS) is 13.6. The van der Waals surface area contributed by atoms with Gasteiger partial charge in [-0.05, 0) is 35.6 Å². The van der Waals surface area contributed by atoms with Crippen LogP contribution in [0, 0.1) is 6.92 Å². The van der Waals surface area contributed by atoms with Gasteiger partial charge in [-0.3, -0.25) is 0 Å². The van der Waals surface area contributed by atoms with E-state index in [0.717, 1.165) is 11.5 Å². The number of hydrogen-bond acceptors (Lipinski definition) is 1. The van der Waals surface area contributed by atoms with Gasteiger partial charge in [0.1, 0.15) is 11.5 Å². The molecule has 0 bridgehead atoms. The molecule has 0 spiro atoms. The second-order valence-corrected chi connectivity index (χ2v) is 6.60. The Morgan fingerprint density at radius 1 is 1.00 bits per heavy atom.